The number of rotatable bonds is 5. The number of hydrogen-bond donors (Lipinski definition) is 1. The molecule has 0 atom stereocenters. The molecule has 0 aliphatic rings. The lowest BCUT2D eigenvalue weighted by Crippen LogP contribution is -2.20. The summed E-state index contributed by atoms with van der Waals surface area (Å²) in [6.07, 6.45) is 0.970. The van der Waals surface area contributed by atoms with Crippen LogP contribution in [0.5, 0.6) is 0 Å². The Morgan fingerprint density at radius 3 is 2.67 bits per heavy atom. The van der Waals surface area contributed by atoms with E-state index in [1.807, 2.05) is 31.3 Å². The minimum Gasteiger partial charge on any atom is -0.381 e. The van der Waals surface area contributed by atoms with E-state index in [0.717, 1.165) is 23.7 Å². The molecule has 2 aromatic rings. The zero-order chi connectivity index (χ0) is 13.0. The van der Waals surface area contributed by atoms with Gasteiger partial charge in [-0.05, 0) is 31.2 Å². The van der Waals surface area contributed by atoms with Crippen LogP contribution in [0.25, 0.3) is 0 Å². The molecule has 0 radical (unpaired) electrons. The van der Waals surface area contributed by atoms with Crippen LogP contribution in [0.15, 0.2) is 34.9 Å². The van der Waals surface area contributed by atoms with E-state index in [1.165, 1.54) is 5.56 Å². The van der Waals surface area contributed by atoms with E-state index in [0.29, 0.717) is 12.4 Å². The molecule has 5 heteroatoms. The predicted octanol–water partition coefficient (Wildman–Crippen LogP) is 2.58. The average molecular weight is 266 g/mol. The third kappa shape index (κ3) is 3.75. The maximum Gasteiger partial charge on any atom is 0.167 e. The van der Waals surface area contributed by atoms with Crippen molar-refractivity contribution in [2.75, 3.05) is 19.3 Å². The largest absolute Gasteiger partial charge is 0.381 e. The molecule has 0 amide bonds. The molecule has 0 aliphatic carbocycles. The molecule has 0 spiro atoms. The highest BCUT2D eigenvalue weighted by Gasteiger charge is 2.05. The Labute approximate surface area is 111 Å². The average Bonchev–Trinajstić information content (AvgIpc) is 2.74. The number of nitrogen functional groups attached to an aromatic ring is 1. The molecule has 0 saturated heterocycles. The van der Waals surface area contributed by atoms with Gasteiger partial charge in [-0.2, -0.15) is 0 Å². The van der Waals surface area contributed by atoms with Gasteiger partial charge < -0.3 is 10.3 Å². The van der Waals surface area contributed by atoms with Crippen molar-refractivity contribution in [2.45, 2.75) is 13.0 Å². The number of hydrogen-bond acceptors (Lipinski definition) is 4. The Balaban J connectivity index is 1.81. The van der Waals surface area contributed by atoms with Gasteiger partial charge >= 0.3 is 0 Å². The number of aromatic nitrogens is 1. The molecule has 0 bridgehead atoms. The van der Waals surface area contributed by atoms with Crippen molar-refractivity contribution in [3.8, 4) is 0 Å². The zero-order valence-corrected chi connectivity index (χ0v) is 11.0. The molecule has 2 N–H and O–H groups in total. The van der Waals surface area contributed by atoms with Crippen LogP contribution >= 0.6 is 11.6 Å². The monoisotopic (exact) mass is 265 g/mol. The van der Waals surface area contributed by atoms with Crippen LogP contribution in [-0.4, -0.2) is 23.6 Å². The third-order valence-corrected chi connectivity index (χ3v) is 2.95. The SMILES string of the molecule is CN(CCc1ccc(Cl)cc1)Cc1cc(N)no1. The van der Waals surface area contributed by atoms with Crippen LogP contribution < -0.4 is 5.73 Å². The molecule has 1 heterocycles. The van der Waals surface area contributed by atoms with Crippen LogP contribution in [0, 0.1) is 0 Å². The first-order valence-electron chi connectivity index (χ1n) is 5.77. The number of benzene rings is 1. The van der Waals surface area contributed by atoms with Crippen LogP contribution in [0.1, 0.15) is 11.3 Å². The van der Waals surface area contributed by atoms with Gasteiger partial charge in [-0.25, -0.2) is 0 Å². The second-order valence-corrected chi connectivity index (χ2v) is 4.77. The second kappa shape index (κ2) is 5.89. The van der Waals surface area contributed by atoms with Crippen molar-refractivity contribution in [3.63, 3.8) is 0 Å². The lowest BCUT2D eigenvalue weighted by atomic mass is 10.1. The first-order valence-corrected chi connectivity index (χ1v) is 6.15. The first-order chi connectivity index (χ1) is 8.63. The van der Waals surface area contributed by atoms with E-state index < -0.39 is 0 Å². The van der Waals surface area contributed by atoms with Crippen molar-refractivity contribution < 1.29 is 4.52 Å². The van der Waals surface area contributed by atoms with Gasteiger partial charge in [-0.1, -0.05) is 28.9 Å². The quantitative estimate of drug-likeness (QED) is 0.903. The topological polar surface area (TPSA) is 55.3 Å². The molecular weight excluding hydrogens is 250 g/mol. The maximum absolute atomic E-state index is 5.84. The molecular formula is C13H16ClN3O. The molecule has 4 nitrogen and oxygen atoms in total. The normalized spacial score (nSPS) is 11.1. The highest BCUT2D eigenvalue weighted by atomic mass is 35.5. The van der Waals surface area contributed by atoms with E-state index in [1.54, 1.807) is 6.07 Å². The van der Waals surface area contributed by atoms with Gasteiger partial charge in [-0.3, -0.25) is 4.90 Å². The summed E-state index contributed by atoms with van der Waals surface area (Å²) in [4.78, 5) is 2.16. The standard InChI is InChI=1S/C13H16ClN3O/c1-17(9-12-8-13(15)16-18-12)7-6-10-2-4-11(14)5-3-10/h2-5,8H,6-7,9H2,1H3,(H2,15,16). The highest BCUT2D eigenvalue weighted by Crippen LogP contribution is 2.11. The molecule has 18 heavy (non-hydrogen) atoms. The second-order valence-electron chi connectivity index (χ2n) is 4.33. The smallest absolute Gasteiger partial charge is 0.167 e. The van der Waals surface area contributed by atoms with Crippen LogP contribution in [0.3, 0.4) is 0 Å². The zero-order valence-electron chi connectivity index (χ0n) is 10.3. The Kier molecular flexibility index (Phi) is 4.23. The van der Waals surface area contributed by atoms with E-state index in [2.05, 4.69) is 10.1 Å². The summed E-state index contributed by atoms with van der Waals surface area (Å²) >= 11 is 5.84. The van der Waals surface area contributed by atoms with Crippen molar-refractivity contribution in [1.82, 2.24) is 10.1 Å². The lowest BCUT2D eigenvalue weighted by Gasteiger charge is -2.14. The summed E-state index contributed by atoms with van der Waals surface area (Å²) in [7, 11) is 2.04. The van der Waals surface area contributed by atoms with Crippen molar-refractivity contribution >= 4 is 17.4 Å². The van der Waals surface area contributed by atoms with Gasteiger partial charge in [0.25, 0.3) is 0 Å². The number of anilines is 1. The van der Waals surface area contributed by atoms with Gasteiger partial charge in [0, 0.05) is 17.6 Å². The predicted molar refractivity (Wildman–Crippen MR) is 72.4 cm³/mol. The Morgan fingerprint density at radius 1 is 1.33 bits per heavy atom. The molecule has 0 fully saturated rings. The fourth-order valence-electron chi connectivity index (χ4n) is 1.72. The van der Waals surface area contributed by atoms with Crippen LogP contribution in [0.4, 0.5) is 5.82 Å². The fraction of sp³-hybridized carbons (Fsp3) is 0.308. The molecule has 2 rings (SSSR count). The summed E-state index contributed by atoms with van der Waals surface area (Å²) in [5, 5.41) is 4.43. The molecule has 0 unspecified atom stereocenters. The van der Waals surface area contributed by atoms with Gasteiger partial charge in [0.1, 0.15) is 0 Å². The van der Waals surface area contributed by atoms with Crippen molar-refractivity contribution in [2.24, 2.45) is 0 Å². The van der Waals surface area contributed by atoms with E-state index >= 15 is 0 Å². The Hall–Kier alpha value is -1.52. The number of nitrogens with zero attached hydrogens (tertiary/aromatic N) is 2. The summed E-state index contributed by atoms with van der Waals surface area (Å²) in [6.45, 7) is 1.64. The molecule has 1 aromatic heterocycles. The van der Waals surface area contributed by atoms with Gasteiger partial charge in [0.15, 0.2) is 11.6 Å². The van der Waals surface area contributed by atoms with E-state index in [9.17, 15) is 0 Å². The number of nitrogens with two attached hydrogens (primary N) is 1. The molecule has 0 aliphatic heterocycles. The van der Waals surface area contributed by atoms with Crippen LogP contribution in [-0.2, 0) is 13.0 Å². The van der Waals surface area contributed by atoms with Crippen molar-refractivity contribution in [1.29, 1.82) is 0 Å². The minimum atomic E-state index is 0.427. The number of likely N-dealkylation sites (N-methyl/N-ethyl adjacent to an activating group) is 1. The van der Waals surface area contributed by atoms with Gasteiger partial charge in [-0.15, -0.1) is 0 Å². The minimum absolute atomic E-state index is 0.427. The molecule has 0 saturated carbocycles. The third-order valence-electron chi connectivity index (χ3n) is 2.70. The fourth-order valence-corrected chi connectivity index (χ4v) is 1.85. The van der Waals surface area contributed by atoms with Gasteiger partial charge in [0.2, 0.25) is 0 Å². The highest BCUT2D eigenvalue weighted by molar-refractivity contribution is 6.30. The van der Waals surface area contributed by atoms with E-state index in [-0.39, 0.29) is 0 Å². The van der Waals surface area contributed by atoms with Gasteiger partial charge in [0.05, 0.1) is 6.54 Å². The van der Waals surface area contributed by atoms with E-state index in [4.69, 9.17) is 21.9 Å². The molecule has 1 aromatic carbocycles. The first kappa shape index (κ1) is 12.9. The maximum atomic E-state index is 5.84. The summed E-state index contributed by atoms with van der Waals surface area (Å²) in [5.74, 6) is 1.21. The molecule has 96 valence electrons. The number of halogens is 1. The van der Waals surface area contributed by atoms with Crippen LogP contribution in [0.2, 0.25) is 5.02 Å². The van der Waals surface area contributed by atoms with Crippen molar-refractivity contribution in [3.05, 3.63) is 46.7 Å². The Bertz CT molecular complexity index is 495. The Morgan fingerprint density at radius 2 is 2.06 bits per heavy atom. The summed E-state index contributed by atoms with van der Waals surface area (Å²) in [5.41, 5.74) is 6.76. The summed E-state index contributed by atoms with van der Waals surface area (Å²) < 4.78 is 5.07. The lowest BCUT2D eigenvalue weighted by molar-refractivity contribution is 0.275. The summed E-state index contributed by atoms with van der Waals surface area (Å²) in [6, 6.07) is 9.66.